The van der Waals surface area contributed by atoms with Crippen molar-refractivity contribution in [1.29, 1.82) is 0 Å². The van der Waals surface area contributed by atoms with Gasteiger partial charge in [0.15, 0.2) is 0 Å². The highest BCUT2D eigenvalue weighted by Crippen LogP contribution is 2.12. The molecular formula is C19H17N3O. The van der Waals surface area contributed by atoms with E-state index in [1.54, 1.807) is 12.3 Å². The number of nitrogens with one attached hydrogen (secondary N) is 1. The molecule has 0 saturated heterocycles. The van der Waals surface area contributed by atoms with Crippen LogP contribution in [0.25, 0.3) is 6.08 Å². The quantitative estimate of drug-likeness (QED) is 0.732. The summed E-state index contributed by atoms with van der Waals surface area (Å²) in [6, 6.07) is 19.4. The molecule has 0 bridgehead atoms. The number of aromatic nitrogens is 2. The Bertz CT molecular complexity index is 793. The first-order valence-electron chi connectivity index (χ1n) is 7.40. The van der Waals surface area contributed by atoms with E-state index in [0.717, 1.165) is 16.8 Å². The van der Waals surface area contributed by atoms with E-state index in [-0.39, 0.29) is 5.91 Å². The van der Waals surface area contributed by atoms with Crippen molar-refractivity contribution in [2.75, 3.05) is 5.32 Å². The van der Waals surface area contributed by atoms with Gasteiger partial charge in [-0.05, 0) is 35.4 Å². The minimum absolute atomic E-state index is 0.148. The minimum Gasteiger partial charge on any atom is -0.323 e. The summed E-state index contributed by atoms with van der Waals surface area (Å²) >= 11 is 0. The molecule has 0 saturated carbocycles. The number of amides is 1. The van der Waals surface area contributed by atoms with Gasteiger partial charge in [0, 0.05) is 24.2 Å². The number of carbonyl (C=O) groups is 1. The average molecular weight is 303 g/mol. The highest BCUT2D eigenvalue weighted by molar-refractivity contribution is 6.01. The maximum atomic E-state index is 12.0. The molecule has 2 aromatic carbocycles. The van der Waals surface area contributed by atoms with E-state index in [1.807, 2.05) is 71.5 Å². The van der Waals surface area contributed by atoms with Gasteiger partial charge in [-0.15, -0.1) is 0 Å². The van der Waals surface area contributed by atoms with Gasteiger partial charge in [-0.25, -0.2) is 0 Å². The summed E-state index contributed by atoms with van der Waals surface area (Å²) in [7, 11) is 0. The van der Waals surface area contributed by atoms with Gasteiger partial charge in [0.2, 0.25) is 5.91 Å². The fourth-order valence-electron chi connectivity index (χ4n) is 2.25. The molecule has 1 heterocycles. The lowest BCUT2D eigenvalue weighted by molar-refractivity contribution is -0.111. The lowest BCUT2D eigenvalue weighted by Gasteiger charge is -2.06. The molecule has 1 aromatic heterocycles. The molecule has 4 nitrogen and oxygen atoms in total. The van der Waals surface area contributed by atoms with E-state index < -0.39 is 0 Å². The summed E-state index contributed by atoms with van der Waals surface area (Å²) in [5.74, 6) is -0.148. The van der Waals surface area contributed by atoms with Gasteiger partial charge in [0.05, 0.1) is 6.54 Å². The number of anilines is 1. The third-order valence-electron chi connectivity index (χ3n) is 3.33. The van der Waals surface area contributed by atoms with Gasteiger partial charge < -0.3 is 5.32 Å². The highest BCUT2D eigenvalue weighted by Gasteiger charge is 2.00. The average Bonchev–Trinajstić information content (AvgIpc) is 3.07. The van der Waals surface area contributed by atoms with Crippen molar-refractivity contribution in [3.05, 3.63) is 90.3 Å². The number of nitrogens with zero attached hydrogens (tertiary/aromatic N) is 2. The lowest BCUT2D eigenvalue weighted by atomic mass is 10.2. The van der Waals surface area contributed by atoms with E-state index in [9.17, 15) is 4.79 Å². The zero-order chi connectivity index (χ0) is 15.9. The topological polar surface area (TPSA) is 46.9 Å². The largest absolute Gasteiger partial charge is 0.323 e. The fraction of sp³-hybridized carbons (Fsp3) is 0.0526. The molecule has 0 aliphatic heterocycles. The van der Waals surface area contributed by atoms with Crippen LogP contribution in [0.2, 0.25) is 0 Å². The maximum absolute atomic E-state index is 12.0. The molecule has 0 spiro atoms. The van der Waals surface area contributed by atoms with E-state index in [2.05, 4.69) is 10.4 Å². The normalized spacial score (nSPS) is 10.8. The van der Waals surface area contributed by atoms with Crippen molar-refractivity contribution in [3.63, 3.8) is 0 Å². The standard InChI is InChI=1S/C19H17N3O/c23-19(11-10-16-6-2-1-3-7-16)21-18-9-4-8-17(14-18)15-22-13-5-12-20-22/h1-14H,15H2,(H,21,23)/b11-10+. The molecule has 3 rings (SSSR count). The van der Waals surface area contributed by atoms with Gasteiger partial charge >= 0.3 is 0 Å². The Balaban J connectivity index is 1.63. The molecular weight excluding hydrogens is 286 g/mol. The van der Waals surface area contributed by atoms with Gasteiger partial charge in [-0.3, -0.25) is 9.48 Å². The van der Waals surface area contributed by atoms with Crippen molar-refractivity contribution >= 4 is 17.7 Å². The molecule has 4 heteroatoms. The SMILES string of the molecule is O=C(/C=C/c1ccccc1)Nc1cccc(Cn2cccn2)c1. The van der Waals surface area contributed by atoms with Gasteiger partial charge in [0.25, 0.3) is 0 Å². The molecule has 3 aromatic rings. The van der Waals surface area contributed by atoms with Crippen molar-refractivity contribution in [3.8, 4) is 0 Å². The van der Waals surface area contributed by atoms with E-state index in [0.29, 0.717) is 6.54 Å². The Morgan fingerprint density at radius 3 is 2.74 bits per heavy atom. The molecule has 114 valence electrons. The number of hydrogen-bond acceptors (Lipinski definition) is 2. The number of rotatable bonds is 5. The molecule has 0 fully saturated rings. The summed E-state index contributed by atoms with van der Waals surface area (Å²) in [5, 5.41) is 7.06. The maximum Gasteiger partial charge on any atom is 0.248 e. The monoisotopic (exact) mass is 303 g/mol. The van der Waals surface area contributed by atoms with Crippen LogP contribution in [-0.4, -0.2) is 15.7 Å². The Morgan fingerprint density at radius 1 is 1.09 bits per heavy atom. The summed E-state index contributed by atoms with van der Waals surface area (Å²) in [4.78, 5) is 12.0. The van der Waals surface area contributed by atoms with Crippen LogP contribution < -0.4 is 5.32 Å². The van der Waals surface area contributed by atoms with Gasteiger partial charge in [0.1, 0.15) is 0 Å². The van der Waals surface area contributed by atoms with Crippen LogP contribution >= 0.6 is 0 Å². The zero-order valence-electron chi connectivity index (χ0n) is 12.6. The first kappa shape index (κ1) is 14.8. The van der Waals surface area contributed by atoms with Crippen LogP contribution in [0.5, 0.6) is 0 Å². The number of benzene rings is 2. The molecule has 0 unspecified atom stereocenters. The fourth-order valence-corrected chi connectivity index (χ4v) is 2.25. The second kappa shape index (κ2) is 7.22. The Morgan fingerprint density at radius 2 is 1.96 bits per heavy atom. The van der Waals surface area contributed by atoms with Crippen LogP contribution in [0.15, 0.2) is 79.1 Å². The summed E-state index contributed by atoms with van der Waals surface area (Å²) < 4.78 is 1.84. The minimum atomic E-state index is -0.148. The van der Waals surface area contributed by atoms with E-state index in [4.69, 9.17) is 0 Å². The molecule has 0 atom stereocenters. The smallest absolute Gasteiger partial charge is 0.248 e. The number of hydrogen-bond donors (Lipinski definition) is 1. The zero-order valence-corrected chi connectivity index (χ0v) is 12.6. The Kier molecular flexibility index (Phi) is 4.64. The molecule has 1 amide bonds. The van der Waals surface area contributed by atoms with Crippen molar-refractivity contribution < 1.29 is 4.79 Å². The van der Waals surface area contributed by atoms with Crippen LogP contribution in [-0.2, 0) is 11.3 Å². The highest BCUT2D eigenvalue weighted by atomic mass is 16.1. The predicted molar refractivity (Wildman–Crippen MR) is 91.9 cm³/mol. The summed E-state index contributed by atoms with van der Waals surface area (Å²) in [5.41, 5.74) is 2.85. The summed E-state index contributed by atoms with van der Waals surface area (Å²) in [6.45, 7) is 0.677. The molecule has 0 aliphatic carbocycles. The second-order valence-corrected chi connectivity index (χ2v) is 5.14. The van der Waals surface area contributed by atoms with E-state index in [1.165, 1.54) is 6.08 Å². The third-order valence-corrected chi connectivity index (χ3v) is 3.33. The van der Waals surface area contributed by atoms with Crippen LogP contribution in [0.4, 0.5) is 5.69 Å². The molecule has 1 N–H and O–H groups in total. The van der Waals surface area contributed by atoms with Crippen LogP contribution in [0.1, 0.15) is 11.1 Å². The van der Waals surface area contributed by atoms with E-state index >= 15 is 0 Å². The molecule has 0 aliphatic rings. The lowest BCUT2D eigenvalue weighted by Crippen LogP contribution is -2.08. The van der Waals surface area contributed by atoms with Crippen LogP contribution in [0.3, 0.4) is 0 Å². The first-order chi connectivity index (χ1) is 11.3. The van der Waals surface area contributed by atoms with Crippen LogP contribution in [0, 0.1) is 0 Å². The molecule has 23 heavy (non-hydrogen) atoms. The second-order valence-electron chi connectivity index (χ2n) is 5.14. The van der Waals surface area contributed by atoms with Crippen molar-refractivity contribution in [2.24, 2.45) is 0 Å². The summed E-state index contributed by atoms with van der Waals surface area (Å²) in [6.07, 6.45) is 6.99. The van der Waals surface area contributed by atoms with Gasteiger partial charge in [-0.1, -0.05) is 42.5 Å². The Labute approximate surface area is 135 Å². The Hall–Kier alpha value is -3.14. The van der Waals surface area contributed by atoms with Gasteiger partial charge in [-0.2, -0.15) is 5.10 Å². The van der Waals surface area contributed by atoms with Crippen molar-refractivity contribution in [2.45, 2.75) is 6.54 Å². The molecule has 0 radical (unpaired) electrons. The third kappa shape index (κ3) is 4.41. The predicted octanol–water partition coefficient (Wildman–Crippen LogP) is 3.58. The number of carbonyl (C=O) groups excluding carboxylic acids is 1. The first-order valence-corrected chi connectivity index (χ1v) is 7.40. The van der Waals surface area contributed by atoms with Crippen molar-refractivity contribution in [1.82, 2.24) is 9.78 Å².